The molecule has 19 heavy (non-hydrogen) atoms. The van der Waals surface area contributed by atoms with Gasteiger partial charge in [0.2, 0.25) is 0 Å². The first kappa shape index (κ1) is 12.6. The predicted octanol–water partition coefficient (Wildman–Crippen LogP) is 3.58. The molecule has 0 aliphatic carbocycles. The van der Waals surface area contributed by atoms with Gasteiger partial charge in [-0.2, -0.15) is 4.98 Å². The Kier molecular flexibility index (Phi) is 3.24. The van der Waals surface area contributed by atoms with E-state index in [-0.39, 0.29) is 5.56 Å². The lowest BCUT2D eigenvalue weighted by atomic mass is 10.1. The van der Waals surface area contributed by atoms with Crippen LogP contribution in [0.25, 0.3) is 10.2 Å². The van der Waals surface area contributed by atoms with Crippen LogP contribution in [0.1, 0.15) is 11.1 Å². The van der Waals surface area contributed by atoms with Crippen LogP contribution in [0, 0.1) is 6.92 Å². The molecule has 0 spiro atoms. The van der Waals surface area contributed by atoms with Gasteiger partial charge in [0.1, 0.15) is 4.70 Å². The van der Waals surface area contributed by atoms with Crippen LogP contribution in [0.2, 0.25) is 0 Å². The second-order valence-corrected chi connectivity index (χ2v) is 6.86. The van der Waals surface area contributed by atoms with Gasteiger partial charge in [0, 0.05) is 6.54 Å². The van der Waals surface area contributed by atoms with Gasteiger partial charge in [-0.1, -0.05) is 29.8 Å². The highest BCUT2D eigenvalue weighted by atomic mass is 79.9. The third-order valence-electron chi connectivity index (χ3n) is 2.97. The van der Waals surface area contributed by atoms with E-state index in [0.29, 0.717) is 11.2 Å². The molecule has 0 bridgehead atoms. The summed E-state index contributed by atoms with van der Waals surface area (Å²) in [7, 11) is 0. The lowest BCUT2D eigenvalue weighted by Gasteiger charge is -2.07. The van der Waals surface area contributed by atoms with Crippen molar-refractivity contribution < 1.29 is 0 Å². The number of benzene rings is 1. The highest BCUT2D eigenvalue weighted by molar-refractivity contribution is 9.11. The standard InChI is InChI=1S/C14H11BrN2OS/c1-9-2-4-10(5-3-9)7-17-8-16-14(18)13-11(17)6-12(15)19-13/h2-6,8H,7H2,1H3. The SMILES string of the molecule is Cc1ccc(Cn2cnc(=O)c3sc(Br)cc32)cc1. The highest BCUT2D eigenvalue weighted by Crippen LogP contribution is 2.27. The fourth-order valence-corrected chi connectivity index (χ4v) is 3.47. The lowest BCUT2D eigenvalue weighted by Crippen LogP contribution is -2.11. The van der Waals surface area contributed by atoms with E-state index in [1.54, 1.807) is 6.33 Å². The molecule has 96 valence electrons. The second kappa shape index (κ2) is 4.90. The number of aromatic nitrogens is 2. The zero-order valence-electron chi connectivity index (χ0n) is 10.3. The Labute approximate surface area is 122 Å². The van der Waals surface area contributed by atoms with Crippen LogP contribution in [0.4, 0.5) is 0 Å². The average Bonchev–Trinajstić information content (AvgIpc) is 2.78. The van der Waals surface area contributed by atoms with Gasteiger partial charge in [-0.15, -0.1) is 11.3 Å². The number of hydrogen-bond donors (Lipinski definition) is 0. The minimum absolute atomic E-state index is 0.161. The first-order valence-electron chi connectivity index (χ1n) is 5.83. The number of aryl methyl sites for hydroxylation is 1. The summed E-state index contributed by atoms with van der Waals surface area (Å²) in [6.45, 7) is 2.78. The molecule has 0 saturated heterocycles. The third-order valence-corrected chi connectivity index (χ3v) is 4.59. The monoisotopic (exact) mass is 334 g/mol. The zero-order valence-corrected chi connectivity index (χ0v) is 12.7. The van der Waals surface area contributed by atoms with E-state index in [9.17, 15) is 4.79 Å². The largest absolute Gasteiger partial charge is 0.326 e. The average molecular weight is 335 g/mol. The number of rotatable bonds is 2. The summed E-state index contributed by atoms with van der Waals surface area (Å²) < 4.78 is 3.65. The second-order valence-electron chi connectivity index (χ2n) is 4.43. The van der Waals surface area contributed by atoms with E-state index < -0.39 is 0 Å². The zero-order chi connectivity index (χ0) is 13.4. The van der Waals surface area contributed by atoms with Gasteiger partial charge >= 0.3 is 0 Å². The van der Waals surface area contributed by atoms with Crippen molar-refractivity contribution in [3.8, 4) is 0 Å². The summed E-state index contributed by atoms with van der Waals surface area (Å²) in [6, 6.07) is 10.3. The quantitative estimate of drug-likeness (QED) is 0.718. The van der Waals surface area contributed by atoms with Gasteiger partial charge in [0.25, 0.3) is 5.56 Å². The van der Waals surface area contributed by atoms with Gasteiger partial charge in [-0.3, -0.25) is 4.79 Å². The van der Waals surface area contributed by atoms with Crippen molar-refractivity contribution in [3.05, 3.63) is 61.9 Å². The third kappa shape index (κ3) is 2.48. The van der Waals surface area contributed by atoms with Crippen LogP contribution in [0.3, 0.4) is 0 Å². The topological polar surface area (TPSA) is 34.9 Å². The van der Waals surface area contributed by atoms with Crippen LogP contribution in [0.5, 0.6) is 0 Å². The van der Waals surface area contributed by atoms with E-state index in [1.807, 2.05) is 10.6 Å². The first-order chi connectivity index (χ1) is 9.13. The molecular formula is C14H11BrN2OS. The van der Waals surface area contributed by atoms with E-state index in [2.05, 4.69) is 52.1 Å². The molecule has 0 aliphatic heterocycles. The number of fused-ring (bicyclic) bond motifs is 1. The lowest BCUT2D eigenvalue weighted by molar-refractivity contribution is 0.799. The summed E-state index contributed by atoms with van der Waals surface area (Å²) in [6.07, 6.45) is 1.61. The van der Waals surface area contributed by atoms with Gasteiger partial charge < -0.3 is 4.57 Å². The van der Waals surface area contributed by atoms with Crippen LogP contribution in [-0.4, -0.2) is 9.55 Å². The van der Waals surface area contributed by atoms with Crippen molar-refractivity contribution in [1.29, 1.82) is 0 Å². The van der Waals surface area contributed by atoms with Crippen LogP contribution in [-0.2, 0) is 6.54 Å². The molecule has 3 aromatic rings. The molecule has 2 aromatic heterocycles. The molecule has 3 nitrogen and oxygen atoms in total. The maximum atomic E-state index is 11.7. The van der Waals surface area contributed by atoms with E-state index in [0.717, 1.165) is 9.30 Å². The number of hydrogen-bond acceptors (Lipinski definition) is 3. The summed E-state index contributed by atoms with van der Waals surface area (Å²) in [5, 5.41) is 0. The molecule has 0 N–H and O–H groups in total. The van der Waals surface area contributed by atoms with Crippen LogP contribution in [0.15, 0.2) is 45.2 Å². The number of nitrogens with zero attached hydrogens (tertiary/aromatic N) is 2. The van der Waals surface area contributed by atoms with Crippen molar-refractivity contribution in [1.82, 2.24) is 9.55 Å². The Morgan fingerprint density at radius 1 is 1.32 bits per heavy atom. The molecule has 1 aromatic carbocycles. The van der Waals surface area contributed by atoms with Crippen molar-refractivity contribution in [2.24, 2.45) is 0 Å². The highest BCUT2D eigenvalue weighted by Gasteiger charge is 2.08. The Hall–Kier alpha value is -1.46. The molecule has 2 heterocycles. The van der Waals surface area contributed by atoms with Gasteiger partial charge in [0.15, 0.2) is 0 Å². The summed E-state index contributed by atoms with van der Waals surface area (Å²) in [5.74, 6) is 0. The predicted molar refractivity (Wildman–Crippen MR) is 81.9 cm³/mol. The Balaban J connectivity index is 2.08. The first-order valence-corrected chi connectivity index (χ1v) is 7.44. The molecule has 0 saturated carbocycles. The normalized spacial score (nSPS) is 11.1. The number of halogens is 1. The van der Waals surface area contributed by atoms with E-state index in [1.165, 1.54) is 22.5 Å². The van der Waals surface area contributed by atoms with Crippen molar-refractivity contribution in [2.45, 2.75) is 13.5 Å². The minimum Gasteiger partial charge on any atom is -0.326 e. The molecule has 5 heteroatoms. The summed E-state index contributed by atoms with van der Waals surface area (Å²) >= 11 is 4.85. The molecule has 0 amide bonds. The van der Waals surface area contributed by atoms with Crippen molar-refractivity contribution >= 4 is 37.5 Å². The molecule has 0 atom stereocenters. The molecule has 0 radical (unpaired) electrons. The minimum atomic E-state index is -0.161. The molecule has 3 rings (SSSR count). The maximum absolute atomic E-state index is 11.7. The molecular weight excluding hydrogens is 324 g/mol. The van der Waals surface area contributed by atoms with Gasteiger partial charge in [-0.05, 0) is 34.5 Å². The smallest absolute Gasteiger partial charge is 0.290 e. The van der Waals surface area contributed by atoms with Gasteiger partial charge in [0.05, 0.1) is 15.6 Å². The fraction of sp³-hybridized carbons (Fsp3) is 0.143. The molecule has 0 aliphatic rings. The van der Waals surface area contributed by atoms with Crippen LogP contribution < -0.4 is 5.56 Å². The maximum Gasteiger partial charge on any atom is 0.290 e. The van der Waals surface area contributed by atoms with E-state index >= 15 is 0 Å². The van der Waals surface area contributed by atoms with Gasteiger partial charge in [-0.25, -0.2) is 0 Å². The summed E-state index contributed by atoms with van der Waals surface area (Å²) in [4.78, 5) is 15.6. The molecule has 0 unspecified atom stereocenters. The number of thiophene rings is 1. The van der Waals surface area contributed by atoms with E-state index in [4.69, 9.17) is 0 Å². The van der Waals surface area contributed by atoms with Crippen molar-refractivity contribution in [2.75, 3.05) is 0 Å². The summed E-state index contributed by atoms with van der Waals surface area (Å²) in [5.41, 5.74) is 3.20. The Bertz CT molecular complexity index is 789. The van der Waals surface area contributed by atoms with Crippen molar-refractivity contribution in [3.63, 3.8) is 0 Å². The molecule has 0 fully saturated rings. The van der Waals surface area contributed by atoms with Crippen LogP contribution >= 0.6 is 27.3 Å². The Morgan fingerprint density at radius 2 is 2.05 bits per heavy atom. The Morgan fingerprint density at radius 3 is 2.79 bits per heavy atom. The fourth-order valence-electron chi connectivity index (χ4n) is 1.98.